The van der Waals surface area contributed by atoms with E-state index in [0.29, 0.717) is 23.8 Å². The molecule has 0 amide bonds. The Morgan fingerprint density at radius 3 is 2.47 bits per heavy atom. The van der Waals surface area contributed by atoms with E-state index >= 15 is 0 Å². The third-order valence-corrected chi connectivity index (χ3v) is 6.17. The molecule has 1 fully saturated rings. The molecule has 0 saturated heterocycles. The predicted octanol–water partition coefficient (Wildman–Crippen LogP) is 3.62. The maximum atomic E-state index is 12.8. The van der Waals surface area contributed by atoms with Crippen molar-refractivity contribution >= 4 is 16.7 Å². The maximum absolute atomic E-state index is 12.8. The lowest BCUT2D eigenvalue weighted by Crippen LogP contribution is -2.27. The van der Waals surface area contributed by atoms with Crippen LogP contribution in [0.2, 0.25) is 0 Å². The van der Waals surface area contributed by atoms with Crippen LogP contribution < -0.4 is 5.56 Å². The van der Waals surface area contributed by atoms with Crippen molar-refractivity contribution in [2.24, 2.45) is 7.05 Å². The first-order chi connectivity index (χ1) is 14.5. The van der Waals surface area contributed by atoms with Gasteiger partial charge in [-0.3, -0.25) is 18.7 Å². The maximum Gasteiger partial charge on any atom is 0.262 e. The van der Waals surface area contributed by atoms with Gasteiger partial charge in [0.2, 0.25) is 5.78 Å². The van der Waals surface area contributed by atoms with Crippen LogP contribution in [-0.2, 0) is 26.6 Å². The molecular weight excluding hydrogens is 374 g/mol. The second-order valence-corrected chi connectivity index (χ2v) is 8.44. The number of aromatic nitrogens is 4. The first-order valence-electron chi connectivity index (χ1n) is 10.7. The molecule has 1 aliphatic rings. The van der Waals surface area contributed by atoms with Gasteiger partial charge in [0.05, 0.1) is 17.4 Å². The summed E-state index contributed by atoms with van der Waals surface area (Å²) < 4.78 is 3.65. The van der Waals surface area contributed by atoms with Gasteiger partial charge in [0.1, 0.15) is 0 Å². The summed E-state index contributed by atoms with van der Waals surface area (Å²) in [6.07, 6.45) is 3.51. The zero-order chi connectivity index (χ0) is 20.8. The molecule has 2 aromatic heterocycles. The number of nitrogens with zero attached hydrogens (tertiary/aromatic N) is 5. The molecule has 5 rings (SSSR count). The zero-order valence-electron chi connectivity index (χ0n) is 17.8. The summed E-state index contributed by atoms with van der Waals surface area (Å²) in [5, 5.41) is 9.57. The molecule has 2 heterocycles. The minimum atomic E-state index is -0.0322. The van der Waals surface area contributed by atoms with E-state index in [-0.39, 0.29) is 5.56 Å². The van der Waals surface area contributed by atoms with E-state index in [1.165, 1.54) is 24.0 Å². The van der Waals surface area contributed by atoms with Crippen LogP contribution >= 0.6 is 0 Å². The number of hydrogen-bond acceptors (Lipinski definition) is 4. The van der Waals surface area contributed by atoms with Crippen molar-refractivity contribution in [1.82, 2.24) is 24.1 Å². The number of fused-ring (bicyclic) bond motifs is 3. The molecule has 1 saturated carbocycles. The third-order valence-electron chi connectivity index (χ3n) is 6.17. The van der Waals surface area contributed by atoms with Crippen molar-refractivity contribution in [1.29, 1.82) is 0 Å². The van der Waals surface area contributed by atoms with E-state index in [9.17, 15) is 4.79 Å². The van der Waals surface area contributed by atoms with Crippen molar-refractivity contribution < 1.29 is 0 Å². The fourth-order valence-corrected chi connectivity index (χ4v) is 4.21. The lowest BCUT2D eigenvalue weighted by atomic mass is 10.1. The molecule has 0 N–H and O–H groups in total. The van der Waals surface area contributed by atoms with Gasteiger partial charge >= 0.3 is 0 Å². The van der Waals surface area contributed by atoms with Gasteiger partial charge in [0.15, 0.2) is 5.82 Å². The lowest BCUT2D eigenvalue weighted by molar-refractivity contribution is 0.239. The quantitative estimate of drug-likeness (QED) is 0.495. The summed E-state index contributed by atoms with van der Waals surface area (Å²) in [5.74, 6) is 1.47. The topological polar surface area (TPSA) is 55.4 Å². The van der Waals surface area contributed by atoms with Crippen LogP contribution in [0.3, 0.4) is 0 Å². The van der Waals surface area contributed by atoms with Crippen molar-refractivity contribution in [3.63, 3.8) is 0 Å². The highest BCUT2D eigenvalue weighted by Crippen LogP contribution is 2.30. The van der Waals surface area contributed by atoms with Gasteiger partial charge in [-0.05, 0) is 49.4 Å². The molecule has 2 aromatic carbocycles. The minimum absolute atomic E-state index is 0.0322. The van der Waals surface area contributed by atoms with Gasteiger partial charge in [-0.1, -0.05) is 42.8 Å². The second-order valence-electron chi connectivity index (χ2n) is 8.44. The summed E-state index contributed by atoms with van der Waals surface area (Å²) in [6.45, 7) is 5.80. The fraction of sp³-hybridized carbons (Fsp3) is 0.375. The summed E-state index contributed by atoms with van der Waals surface area (Å²) in [5.41, 5.74) is 4.60. The molecule has 6 nitrogen and oxygen atoms in total. The molecule has 0 spiro atoms. The lowest BCUT2D eigenvalue weighted by Gasteiger charge is -2.21. The van der Waals surface area contributed by atoms with Crippen LogP contribution in [0.15, 0.2) is 47.3 Å². The molecule has 0 radical (unpaired) electrons. The summed E-state index contributed by atoms with van der Waals surface area (Å²) in [7, 11) is 1.77. The average Bonchev–Trinajstić information content (AvgIpc) is 3.52. The molecule has 4 aromatic rings. The highest BCUT2D eigenvalue weighted by molar-refractivity contribution is 5.81. The number of rotatable bonds is 6. The largest absolute Gasteiger partial charge is 0.289 e. The molecule has 0 bridgehead atoms. The molecule has 0 unspecified atom stereocenters. The Morgan fingerprint density at radius 2 is 1.77 bits per heavy atom. The van der Waals surface area contributed by atoms with Crippen LogP contribution in [0.5, 0.6) is 0 Å². The normalized spacial score (nSPS) is 14.3. The van der Waals surface area contributed by atoms with Crippen LogP contribution in [-0.4, -0.2) is 30.1 Å². The number of aryl methyl sites for hydroxylation is 3. The first kappa shape index (κ1) is 19.0. The van der Waals surface area contributed by atoms with Crippen molar-refractivity contribution in [2.75, 3.05) is 0 Å². The van der Waals surface area contributed by atoms with E-state index in [0.717, 1.165) is 29.9 Å². The van der Waals surface area contributed by atoms with Gasteiger partial charge in [0, 0.05) is 19.6 Å². The van der Waals surface area contributed by atoms with E-state index in [4.69, 9.17) is 0 Å². The molecule has 6 heteroatoms. The third kappa shape index (κ3) is 3.31. The molecule has 0 aliphatic heterocycles. The Labute approximate surface area is 175 Å². The van der Waals surface area contributed by atoms with Gasteiger partial charge in [-0.15, -0.1) is 10.2 Å². The van der Waals surface area contributed by atoms with E-state index in [1.54, 1.807) is 11.6 Å². The summed E-state index contributed by atoms with van der Waals surface area (Å²) in [6, 6.07) is 15.5. The van der Waals surface area contributed by atoms with E-state index in [1.807, 2.05) is 29.5 Å². The van der Waals surface area contributed by atoms with Gasteiger partial charge < -0.3 is 0 Å². The van der Waals surface area contributed by atoms with Crippen LogP contribution in [0, 0.1) is 6.92 Å². The van der Waals surface area contributed by atoms with Gasteiger partial charge in [-0.25, -0.2) is 0 Å². The molecule has 154 valence electrons. The molecule has 30 heavy (non-hydrogen) atoms. The Balaban J connectivity index is 1.55. The predicted molar refractivity (Wildman–Crippen MR) is 119 cm³/mol. The minimum Gasteiger partial charge on any atom is -0.289 e. The van der Waals surface area contributed by atoms with Crippen molar-refractivity contribution in [3.05, 3.63) is 75.3 Å². The molecular formula is C24H27N5O. The van der Waals surface area contributed by atoms with Crippen LogP contribution in [0.25, 0.3) is 16.7 Å². The molecule has 0 atom stereocenters. The highest BCUT2D eigenvalue weighted by atomic mass is 16.1. The van der Waals surface area contributed by atoms with Gasteiger partial charge in [-0.2, -0.15) is 0 Å². The highest BCUT2D eigenvalue weighted by Gasteiger charge is 2.30. The number of benzene rings is 2. The van der Waals surface area contributed by atoms with Crippen LogP contribution in [0.1, 0.15) is 42.3 Å². The standard InChI is InChI=1S/C24H27N5O/c1-4-17-6-8-18(9-7-17)14-28(19-10-11-19)15-22-25-26-24-27(3)23(30)20-13-16(2)5-12-21(20)29(22)24/h5-9,12-13,19H,4,10-11,14-15H2,1-3H3. The summed E-state index contributed by atoms with van der Waals surface area (Å²) in [4.78, 5) is 15.3. The van der Waals surface area contributed by atoms with Crippen LogP contribution in [0.4, 0.5) is 0 Å². The van der Waals surface area contributed by atoms with Crippen molar-refractivity contribution in [3.8, 4) is 0 Å². The SMILES string of the molecule is CCc1ccc(CN(Cc2nnc3n(C)c(=O)c4cc(C)ccc4n23)C2CC2)cc1. The van der Waals surface area contributed by atoms with E-state index < -0.39 is 0 Å². The Hall–Kier alpha value is -2.99. The van der Waals surface area contributed by atoms with Crippen molar-refractivity contribution in [2.45, 2.75) is 52.2 Å². The molecule has 1 aliphatic carbocycles. The first-order valence-corrected chi connectivity index (χ1v) is 10.7. The average molecular weight is 402 g/mol. The summed E-state index contributed by atoms with van der Waals surface area (Å²) >= 11 is 0. The Bertz CT molecular complexity index is 1280. The monoisotopic (exact) mass is 401 g/mol. The number of hydrogen-bond donors (Lipinski definition) is 0. The zero-order valence-corrected chi connectivity index (χ0v) is 17.8. The second kappa shape index (κ2) is 7.36. The van der Waals surface area contributed by atoms with E-state index in [2.05, 4.69) is 46.3 Å². The Morgan fingerprint density at radius 1 is 1.03 bits per heavy atom. The fourth-order valence-electron chi connectivity index (χ4n) is 4.21. The van der Waals surface area contributed by atoms with Gasteiger partial charge in [0.25, 0.3) is 5.56 Å². The smallest absolute Gasteiger partial charge is 0.262 e. The Kier molecular flexibility index (Phi) is 4.66.